The van der Waals surface area contributed by atoms with Gasteiger partial charge in [-0.05, 0) is 49.2 Å². The molecule has 1 saturated heterocycles. The van der Waals surface area contributed by atoms with E-state index in [0.717, 1.165) is 11.3 Å². The number of carbonyl (C=O) groups is 1. The molecule has 3 heterocycles. The van der Waals surface area contributed by atoms with Gasteiger partial charge in [-0.3, -0.25) is 4.79 Å². The largest absolute Gasteiger partial charge is 0.493 e. The number of hydrogen-bond donors (Lipinski definition) is 1. The Morgan fingerprint density at radius 3 is 2.75 bits per heavy atom. The smallest absolute Gasteiger partial charge is 0.245 e. The Balaban J connectivity index is 1.27. The molecule has 1 fully saturated rings. The Labute approximate surface area is 192 Å². The lowest BCUT2D eigenvalue weighted by molar-refractivity contribution is -0.132. The number of benzene rings is 1. The number of hydrogen-bond acceptors (Lipinski definition) is 5. The SMILES string of the molecule is Cc1cc(Cl)ccc1OCCCC(=O)N1CCN(S(=O)(=O)c2c[nH]c3ncccc23)CC1. The van der Waals surface area contributed by atoms with E-state index in [-0.39, 0.29) is 23.9 Å². The minimum Gasteiger partial charge on any atom is -0.493 e. The molecule has 3 aromatic rings. The van der Waals surface area contributed by atoms with E-state index in [2.05, 4.69) is 9.97 Å². The van der Waals surface area contributed by atoms with Crippen LogP contribution in [0, 0.1) is 6.92 Å². The molecule has 0 aliphatic carbocycles. The fourth-order valence-corrected chi connectivity index (χ4v) is 5.60. The van der Waals surface area contributed by atoms with Gasteiger partial charge in [-0.25, -0.2) is 13.4 Å². The number of nitrogens with one attached hydrogen (secondary N) is 1. The average Bonchev–Trinajstić information content (AvgIpc) is 3.23. The van der Waals surface area contributed by atoms with Crippen molar-refractivity contribution in [2.75, 3.05) is 32.8 Å². The van der Waals surface area contributed by atoms with Crippen molar-refractivity contribution >= 4 is 38.6 Å². The molecule has 0 unspecified atom stereocenters. The van der Waals surface area contributed by atoms with Crippen molar-refractivity contribution in [3.8, 4) is 5.75 Å². The predicted octanol–water partition coefficient (Wildman–Crippen LogP) is 3.22. The topological polar surface area (TPSA) is 95.6 Å². The van der Waals surface area contributed by atoms with Gasteiger partial charge in [0.1, 0.15) is 16.3 Å². The first kappa shape index (κ1) is 22.6. The molecule has 2 aromatic heterocycles. The number of amides is 1. The Bertz CT molecular complexity index is 1220. The van der Waals surface area contributed by atoms with Gasteiger partial charge in [-0.2, -0.15) is 4.31 Å². The van der Waals surface area contributed by atoms with E-state index in [0.29, 0.717) is 48.6 Å². The monoisotopic (exact) mass is 476 g/mol. The van der Waals surface area contributed by atoms with Crippen molar-refractivity contribution in [3.63, 3.8) is 0 Å². The summed E-state index contributed by atoms with van der Waals surface area (Å²) in [5.74, 6) is 0.767. The Kier molecular flexibility index (Phi) is 6.68. The minimum atomic E-state index is -3.66. The first-order chi connectivity index (χ1) is 15.4. The lowest BCUT2D eigenvalue weighted by Gasteiger charge is -2.34. The summed E-state index contributed by atoms with van der Waals surface area (Å²) >= 11 is 5.95. The zero-order chi connectivity index (χ0) is 22.7. The van der Waals surface area contributed by atoms with Crippen LogP contribution in [0.2, 0.25) is 5.02 Å². The van der Waals surface area contributed by atoms with Crippen LogP contribution in [0.3, 0.4) is 0 Å². The van der Waals surface area contributed by atoms with Crippen molar-refractivity contribution in [1.82, 2.24) is 19.2 Å². The second-order valence-corrected chi connectivity index (χ2v) is 10.0. The highest BCUT2D eigenvalue weighted by Gasteiger charge is 2.31. The number of ether oxygens (including phenoxy) is 1. The lowest BCUT2D eigenvalue weighted by Crippen LogP contribution is -2.50. The van der Waals surface area contributed by atoms with Gasteiger partial charge in [0.25, 0.3) is 0 Å². The maximum atomic E-state index is 13.1. The van der Waals surface area contributed by atoms with Crippen molar-refractivity contribution in [2.45, 2.75) is 24.7 Å². The summed E-state index contributed by atoms with van der Waals surface area (Å²) in [6.45, 7) is 3.62. The number of fused-ring (bicyclic) bond motifs is 1. The van der Waals surface area contributed by atoms with E-state index < -0.39 is 10.0 Å². The second-order valence-electron chi connectivity index (χ2n) is 7.70. The number of rotatable bonds is 7. The van der Waals surface area contributed by atoms with E-state index in [4.69, 9.17) is 16.3 Å². The standard InChI is InChI=1S/C22H25ClN4O4S/c1-16-14-17(23)6-7-19(16)31-13-3-5-21(28)26-9-11-27(12-10-26)32(29,30)20-15-25-22-18(20)4-2-8-24-22/h2,4,6-8,14-15H,3,5,9-13H2,1H3,(H,24,25). The van der Waals surface area contributed by atoms with E-state index in [1.165, 1.54) is 10.5 Å². The van der Waals surface area contributed by atoms with Crippen LogP contribution in [0.25, 0.3) is 11.0 Å². The molecule has 1 amide bonds. The number of piperazine rings is 1. The third kappa shape index (κ3) is 4.74. The molecule has 1 N–H and O–H groups in total. The van der Waals surface area contributed by atoms with Crippen LogP contribution in [0.15, 0.2) is 47.6 Å². The van der Waals surface area contributed by atoms with Gasteiger partial charge in [-0.1, -0.05) is 11.6 Å². The van der Waals surface area contributed by atoms with Crippen molar-refractivity contribution in [1.29, 1.82) is 0 Å². The molecule has 0 atom stereocenters. The number of carbonyl (C=O) groups excluding carboxylic acids is 1. The molecule has 0 radical (unpaired) electrons. The molecule has 0 bridgehead atoms. The van der Waals surface area contributed by atoms with E-state index in [1.54, 1.807) is 29.3 Å². The maximum absolute atomic E-state index is 13.1. The van der Waals surface area contributed by atoms with Gasteiger partial charge in [0.15, 0.2) is 0 Å². The van der Waals surface area contributed by atoms with E-state index in [9.17, 15) is 13.2 Å². The summed E-state index contributed by atoms with van der Waals surface area (Å²) in [5.41, 5.74) is 1.49. The van der Waals surface area contributed by atoms with Crippen LogP contribution >= 0.6 is 11.6 Å². The number of halogens is 1. The number of aryl methyl sites for hydroxylation is 1. The zero-order valence-electron chi connectivity index (χ0n) is 17.8. The van der Waals surface area contributed by atoms with Gasteiger partial charge in [-0.15, -0.1) is 0 Å². The van der Waals surface area contributed by atoms with Gasteiger partial charge in [0, 0.05) is 55.4 Å². The van der Waals surface area contributed by atoms with Crippen LogP contribution in [-0.4, -0.2) is 66.3 Å². The molecular formula is C22H25ClN4O4S. The zero-order valence-corrected chi connectivity index (χ0v) is 19.3. The van der Waals surface area contributed by atoms with Crippen LogP contribution < -0.4 is 4.74 Å². The third-order valence-corrected chi connectivity index (χ3v) is 7.73. The molecular weight excluding hydrogens is 452 g/mol. The number of nitrogens with zero attached hydrogens (tertiary/aromatic N) is 3. The summed E-state index contributed by atoms with van der Waals surface area (Å²) < 4.78 is 33.3. The molecule has 1 aliphatic heterocycles. The second kappa shape index (κ2) is 9.48. The molecule has 1 aromatic carbocycles. The minimum absolute atomic E-state index is 0.00905. The van der Waals surface area contributed by atoms with Crippen LogP contribution in [0.4, 0.5) is 0 Å². The summed E-state index contributed by atoms with van der Waals surface area (Å²) in [6.07, 6.45) is 4.03. The van der Waals surface area contributed by atoms with Crippen LogP contribution in [0.1, 0.15) is 18.4 Å². The predicted molar refractivity (Wildman–Crippen MR) is 122 cm³/mol. The number of sulfonamides is 1. The highest BCUT2D eigenvalue weighted by molar-refractivity contribution is 7.89. The summed E-state index contributed by atoms with van der Waals surface area (Å²) in [4.78, 5) is 21.5. The quantitative estimate of drug-likeness (QED) is 0.528. The lowest BCUT2D eigenvalue weighted by atomic mass is 10.2. The molecule has 0 saturated carbocycles. The maximum Gasteiger partial charge on any atom is 0.245 e. The highest BCUT2D eigenvalue weighted by atomic mass is 35.5. The Morgan fingerprint density at radius 2 is 2.00 bits per heavy atom. The van der Waals surface area contributed by atoms with E-state index in [1.807, 2.05) is 19.1 Å². The Morgan fingerprint density at radius 1 is 1.22 bits per heavy atom. The molecule has 0 spiro atoms. The first-order valence-corrected chi connectivity index (χ1v) is 12.3. The van der Waals surface area contributed by atoms with Crippen molar-refractivity contribution < 1.29 is 17.9 Å². The summed E-state index contributed by atoms with van der Waals surface area (Å²) in [5, 5.41) is 1.23. The van der Waals surface area contributed by atoms with Gasteiger partial charge < -0.3 is 14.6 Å². The van der Waals surface area contributed by atoms with Gasteiger partial charge in [0.2, 0.25) is 15.9 Å². The molecule has 1 aliphatic rings. The molecule has 32 heavy (non-hydrogen) atoms. The van der Waals surface area contributed by atoms with Gasteiger partial charge >= 0.3 is 0 Å². The number of aromatic amines is 1. The fourth-order valence-electron chi connectivity index (χ4n) is 3.80. The third-order valence-electron chi connectivity index (χ3n) is 5.55. The highest BCUT2D eigenvalue weighted by Crippen LogP contribution is 2.25. The summed E-state index contributed by atoms with van der Waals surface area (Å²) in [7, 11) is -3.66. The number of pyridine rings is 1. The van der Waals surface area contributed by atoms with Crippen molar-refractivity contribution in [3.05, 3.63) is 53.3 Å². The number of H-pyrrole nitrogens is 1. The molecule has 10 heteroatoms. The average molecular weight is 477 g/mol. The fraction of sp³-hybridized carbons (Fsp3) is 0.364. The van der Waals surface area contributed by atoms with Gasteiger partial charge in [0.05, 0.1) is 6.61 Å². The van der Waals surface area contributed by atoms with Crippen LogP contribution in [0.5, 0.6) is 5.75 Å². The van der Waals surface area contributed by atoms with Crippen LogP contribution in [-0.2, 0) is 14.8 Å². The van der Waals surface area contributed by atoms with Crippen molar-refractivity contribution in [2.24, 2.45) is 0 Å². The molecule has 8 nitrogen and oxygen atoms in total. The molecule has 4 rings (SSSR count). The normalized spacial score (nSPS) is 15.2. The first-order valence-electron chi connectivity index (χ1n) is 10.5. The van der Waals surface area contributed by atoms with E-state index >= 15 is 0 Å². The summed E-state index contributed by atoms with van der Waals surface area (Å²) in [6, 6.07) is 8.88. The Hall–Kier alpha value is -2.62. The number of aromatic nitrogens is 2. The molecule has 170 valence electrons.